The topological polar surface area (TPSA) is 20.3 Å². The Hall–Kier alpha value is -0.790. The summed E-state index contributed by atoms with van der Waals surface area (Å²) in [5.41, 5.74) is 0. The molecule has 0 aromatic rings. The molecule has 0 aromatic carbocycles. The highest BCUT2D eigenvalue weighted by molar-refractivity contribution is 5.77. The molecule has 12 heavy (non-hydrogen) atoms. The van der Waals surface area contributed by atoms with Gasteiger partial charge in [-0.2, -0.15) is 0 Å². The molecule has 1 saturated heterocycles. The second-order valence-electron chi connectivity index (χ2n) is 3.78. The first-order valence-corrected chi connectivity index (χ1v) is 4.71. The van der Waals surface area contributed by atoms with Gasteiger partial charge in [-0.1, -0.05) is 12.2 Å². The average molecular weight is 165 g/mol. The normalized spacial score (nSPS) is 35.1. The molecule has 0 bridgehead atoms. The van der Waals surface area contributed by atoms with Crippen molar-refractivity contribution >= 4 is 5.91 Å². The molecule has 2 nitrogen and oxygen atoms in total. The molecule has 1 amide bonds. The van der Waals surface area contributed by atoms with E-state index in [0.29, 0.717) is 17.9 Å². The van der Waals surface area contributed by atoms with E-state index >= 15 is 0 Å². The van der Waals surface area contributed by atoms with Crippen LogP contribution in [0.15, 0.2) is 12.2 Å². The van der Waals surface area contributed by atoms with Crippen molar-refractivity contribution in [2.24, 2.45) is 5.92 Å². The van der Waals surface area contributed by atoms with Crippen molar-refractivity contribution in [1.82, 2.24) is 4.90 Å². The first kappa shape index (κ1) is 7.84. The SMILES string of the molecule is CN1C(=O)CC[C@@H]2C=CCC[C@@H]21. The first-order valence-electron chi connectivity index (χ1n) is 4.71. The molecule has 2 aliphatic rings. The van der Waals surface area contributed by atoms with E-state index in [9.17, 15) is 4.79 Å². The third-order valence-corrected chi connectivity index (χ3v) is 3.09. The van der Waals surface area contributed by atoms with Crippen molar-refractivity contribution in [1.29, 1.82) is 0 Å². The summed E-state index contributed by atoms with van der Waals surface area (Å²) in [6.07, 6.45) is 8.64. The van der Waals surface area contributed by atoms with E-state index in [2.05, 4.69) is 12.2 Å². The molecule has 1 aliphatic carbocycles. The van der Waals surface area contributed by atoms with Crippen molar-refractivity contribution in [2.45, 2.75) is 31.7 Å². The molecule has 0 saturated carbocycles. The van der Waals surface area contributed by atoms with Gasteiger partial charge in [0.25, 0.3) is 0 Å². The number of hydrogen-bond donors (Lipinski definition) is 0. The number of carbonyl (C=O) groups excluding carboxylic acids is 1. The van der Waals surface area contributed by atoms with Gasteiger partial charge in [-0.3, -0.25) is 4.79 Å². The highest BCUT2D eigenvalue weighted by Gasteiger charge is 2.32. The fourth-order valence-electron chi connectivity index (χ4n) is 2.30. The Labute approximate surface area is 73.2 Å². The summed E-state index contributed by atoms with van der Waals surface area (Å²) in [6, 6.07) is 0.497. The summed E-state index contributed by atoms with van der Waals surface area (Å²) in [5, 5.41) is 0. The molecule has 66 valence electrons. The molecule has 2 rings (SSSR count). The number of likely N-dealkylation sites (tertiary alicyclic amines) is 1. The van der Waals surface area contributed by atoms with Gasteiger partial charge in [-0.25, -0.2) is 0 Å². The Balaban J connectivity index is 2.16. The number of allylic oxidation sites excluding steroid dienone is 1. The van der Waals surface area contributed by atoms with Crippen LogP contribution in [0.25, 0.3) is 0 Å². The summed E-state index contributed by atoms with van der Waals surface area (Å²) in [5.74, 6) is 0.966. The third-order valence-electron chi connectivity index (χ3n) is 3.09. The number of carbonyl (C=O) groups is 1. The molecule has 0 unspecified atom stereocenters. The minimum absolute atomic E-state index is 0.326. The molecule has 1 heterocycles. The number of fused-ring (bicyclic) bond motifs is 1. The Morgan fingerprint density at radius 1 is 1.50 bits per heavy atom. The molecule has 0 radical (unpaired) electrons. The van der Waals surface area contributed by atoms with Crippen LogP contribution in [0.1, 0.15) is 25.7 Å². The van der Waals surface area contributed by atoms with Crippen LogP contribution in [0, 0.1) is 5.92 Å². The molecular formula is C10H15NO. The second-order valence-corrected chi connectivity index (χ2v) is 3.78. The van der Waals surface area contributed by atoms with E-state index in [4.69, 9.17) is 0 Å². The van der Waals surface area contributed by atoms with Crippen LogP contribution in [-0.2, 0) is 4.79 Å². The quantitative estimate of drug-likeness (QED) is 0.499. The summed E-state index contributed by atoms with van der Waals surface area (Å²) in [6.45, 7) is 0. The lowest BCUT2D eigenvalue weighted by Crippen LogP contribution is -2.46. The maximum absolute atomic E-state index is 11.4. The van der Waals surface area contributed by atoms with Gasteiger partial charge in [0.15, 0.2) is 0 Å². The highest BCUT2D eigenvalue weighted by atomic mass is 16.2. The van der Waals surface area contributed by atoms with Gasteiger partial charge in [-0.15, -0.1) is 0 Å². The van der Waals surface area contributed by atoms with E-state index in [-0.39, 0.29) is 0 Å². The maximum atomic E-state index is 11.4. The lowest BCUT2D eigenvalue weighted by Gasteiger charge is -2.39. The van der Waals surface area contributed by atoms with E-state index in [1.807, 2.05) is 11.9 Å². The number of hydrogen-bond acceptors (Lipinski definition) is 1. The second kappa shape index (κ2) is 2.92. The number of piperidine rings is 1. The molecular weight excluding hydrogens is 150 g/mol. The van der Waals surface area contributed by atoms with Crippen molar-refractivity contribution in [3.63, 3.8) is 0 Å². The van der Waals surface area contributed by atoms with Gasteiger partial charge in [0.05, 0.1) is 0 Å². The zero-order valence-corrected chi connectivity index (χ0v) is 7.49. The van der Waals surface area contributed by atoms with Crippen LogP contribution in [0.2, 0.25) is 0 Å². The van der Waals surface area contributed by atoms with Crippen molar-refractivity contribution in [2.75, 3.05) is 7.05 Å². The van der Waals surface area contributed by atoms with E-state index in [1.54, 1.807) is 0 Å². The van der Waals surface area contributed by atoms with Gasteiger partial charge < -0.3 is 4.90 Å². The Morgan fingerprint density at radius 2 is 2.33 bits per heavy atom. The van der Waals surface area contributed by atoms with E-state index in [0.717, 1.165) is 25.7 Å². The highest BCUT2D eigenvalue weighted by Crippen LogP contribution is 2.30. The van der Waals surface area contributed by atoms with E-state index < -0.39 is 0 Å². The molecule has 1 fully saturated rings. The number of nitrogens with zero attached hydrogens (tertiary/aromatic N) is 1. The van der Waals surface area contributed by atoms with Gasteiger partial charge in [-0.05, 0) is 25.2 Å². The summed E-state index contributed by atoms with van der Waals surface area (Å²) >= 11 is 0. The molecule has 0 spiro atoms. The van der Waals surface area contributed by atoms with Gasteiger partial charge in [0.2, 0.25) is 5.91 Å². The number of rotatable bonds is 0. The van der Waals surface area contributed by atoms with Crippen molar-refractivity contribution in [3.05, 3.63) is 12.2 Å². The maximum Gasteiger partial charge on any atom is 0.222 e. The largest absolute Gasteiger partial charge is 0.342 e. The monoisotopic (exact) mass is 165 g/mol. The van der Waals surface area contributed by atoms with Crippen molar-refractivity contribution < 1.29 is 4.79 Å². The molecule has 2 atom stereocenters. The third kappa shape index (κ3) is 1.15. The lowest BCUT2D eigenvalue weighted by atomic mass is 9.83. The molecule has 1 aliphatic heterocycles. The Morgan fingerprint density at radius 3 is 3.17 bits per heavy atom. The van der Waals surface area contributed by atoms with Gasteiger partial charge in [0.1, 0.15) is 0 Å². The number of amides is 1. The lowest BCUT2D eigenvalue weighted by molar-refractivity contribution is -0.136. The van der Waals surface area contributed by atoms with Crippen molar-refractivity contribution in [3.8, 4) is 0 Å². The predicted octanol–water partition coefficient (Wildman–Crippen LogP) is 1.57. The predicted molar refractivity (Wildman–Crippen MR) is 47.7 cm³/mol. The fraction of sp³-hybridized carbons (Fsp3) is 0.700. The fourth-order valence-corrected chi connectivity index (χ4v) is 2.30. The zero-order chi connectivity index (χ0) is 8.55. The van der Waals surface area contributed by atoms with Crippen LogP contribution in [-0.4, -0.2) is 23.9 Å². The van der Waals surface area contributed by atoms with Crippen LogP contribution in [0.5, 0.6) is 0 Å². The van der Waals surface area contributed by atoms with Crippen LogP contribution in [0.4, 0.5) is 0 Å². The van der Waals surface area contributed by atoms with Crippen LogP contribution in [0.3, 0.4) is 0 Å². The smallest absolute Gasteiger partial charge is 0.222 e. The summed E-state index contributed by atoms with van der Waals surface area (Å²) in [4.78, 5) is 13.3. The van der Waals surface area contributed by atoms with Crippen LogP contribution >= 0.6 is 0 Å². The molecule has 2 heteroatoms. The Kier molecular flexibility index (Phi) is 1.91. The minimum atomic E-state index is 0.326. The average Bonchev–Trinajstić information content (AvgIpc) is 2.12. The standard InChI is InChI=1S/C10H15NO/c1-11-9-5-3-2-4-8(9)6-7-10(11)12/h2,4,8-9H,3,5-7H2,1H3/t8-,9-/m0/s1. The summed E-state index contributed by atoms with van der Waals surface area (Å²) in [7, 11) is 1.94. The van der Waals surface area contributed by atoms with Gasteiger partial charge >= 0.3 is 0 Å². The zero-order valence-electron chi connectivity index (χ0n) is 7.49. The first-order chi connectivity index (χ1) is 5.79. The van der Waals surface area contributed by atoms with Gasteiger partial charge in [0, 0.05) is 19.5 Å². The summed E-state index contributed by atoms with van der Waals surface area (Å²) < 4.78 is 0. The minimum Gasteiger partial charge on any atom is -0.342 e. The Bertz CT molecular complexity index is 222. The van der Waals surface area contributed by atoms with E-state index in [1.165, 1.54) is 0 Å². The van der Waals surface area contributed by atoms with Crippen LogP contribution < -0.4 is 0 Å². The molecule has 0 aromatic heterocycles. The molecule has 0 N–H and O–H groups in total.